The van der Waals surface area contributed by atoms with Crippen LogP contribution in [0.15, 0.2) is 24.3 Å². The molecule has 4 aliphatic carbocycles. The highest BCUT2D eigenvalue weighted by Crippen LogP contribution is 2.64. The van der Waals surface area contributed by atoms with Crippen LogP contribution in [0, 0.1) is 17.3 Å². The number of hydrogen-bond donors (Lipinski definition) is 1. The van der Waals surface area contributed by atoms with Gasteiger partial charge in [0.1, 0.15) is 0 Å². The van der Waals surface area contributed by atoms with Gasteiger partial charge in [0, 0.05) is 10.6 Å². The first-order valence-electron chi connectivity index (χ1n) is 9.29. The lowest BCUT2D eigenvalue weighted by Gasteiger charge is -2.59. The van der Waals surface area contributed by atoms with Crippen molar-refractivity contribution in [3.8, 4) is 0 Å². The lowest BCUT2D eigenvalue weighted by atomic mass is 9.49. The molecule has 4 atom stereocenters. The normalized spacial score (nSPS) is 37.5. The summed E-state index contributed by atoms with van der Waals surface area (Å²) in [6, 6.07) is 8.22. The number of carbonyl (C=O) groups excluding carboxylic acids is 1. The summed E-state index contributed by atoms with van der Waals surface area (Å²) in [7, 11) is 0. The van der Waals surface area contributed by atoms with Crippen LogP contribution >= 0.6 is 11.6 Å². The Morgan fingerprint density at radius 3 is 2.33 bits per heavy atom. The van der Waals surface area contributed by atoms with E-state index in [-0.39, 0.29) is 21.6 Å². The molecule has 1 aromatic carbocycles. The van der Waals surface area contributed by atoms with E-state index in [0.717, 1.165) is 37.8 Å². The van der Waals surface area contributed by atoms with Crippen LogP contribution in [0.2, 0.25) is 0 Å². The molecule has 0 saturated heterocycles. The number of benzene rings is 1. The van der Waals surface area contributed by atoms with E-state index in [0.29, 0.717) is 11.8 Å². The minimum Gasteiger partial charge on any atom is -0.325 e. The molecule has 2 nitrogen and oxygen atoms in total. The van der Waals surface area contributed by atoms with Crippen LogP contribution in [0.3, 0.4) is 0 Å². The number of nitrogens with one attached hydrogen (secondary N) is 1. The Balaban J connectivity index is 1.62. The third-order valence-corrected chi connectivity index (χ3v) is 6.90. The summed E-state index contributed by atoms with van der Waals surface area (Å²) in [5, 5.41) is 3.29. The number of anilines is 1. The van der Waals surface area contributed by atoms with Gasteiger partial charge in [0.25, 0.3) is 0 Å². The standard InChI is InChI=1S/C21H28ClNO/c1-19(2,3)16-6-4-5-7-17(16)23-18(24)20-9-14-8-15(10-20)12-21(22,11-14)13-20/h4-7,14-15H,8-13H2,1-3H3,(H,23,24)/t14-,15+,20?,21?. The van der Waals surface area contributed by atoms with Gasteiger partial charge >= 0.3 is 0 Å². The molecule has 0 spiro atoms. The summed E-state index contributed by atoms with van der Waals surface area (Å²) in [5.41, 5.74) is 1.94. The van der Waals surface area contributed by atoms with Crippen molar-refractivity contribution in [1.29, 1.82) is 0 Å². The van der Waals surface area contributed by atoms with Gasteiger partial charge < -0.3 is 5.32 Å². The van der Waals surface area contributed by atoms with Gasteiger partial charge in [-0.05, 0) is 67.4 Å². The maximum absolute atomic E-state index is 13.3. The zero-order chi connectivity index (χ0) is 17.2. The second kappa shape index (κ2) is 5.24. The largest absolute Gasteiger partial charge is 0.325 e. The van der Waals surface area contributed by atoms with Crippen LogP contribution < -0.4 is 5.32 Å². The Kier molecular flexibility index (Phi) is 3.59. The van der Waals surface area contributed by atoms with E-state index >= 15 is 0 Å². The zero-order valence-corrected chi connectivity index (χ0v) is 15.7. The molecule has 5 rings (SSSR count). The molecule has 1 N–H and O–H groups in total. The van der Waals surface area contributed by atoms with E-state index in [1.54, 1.807) is 0 Å². The highest BCUT2D eigenvalue weighted by Gasteiger charge is 2.60. The molecule has 4 bridgehead atoms. The minimum absolute atomic E-state index is 0.0129. The van der Waals surface area contributed by atoms with Gasteiger partial charge in [-0.25, -0.2) is 0 Å². The van der Waals surface area contributed by atoms with Gasteiger partial charge in [-0.15, -0.1) is 11.6 Å². The molecule has 0 radical (unpaired) electrons. The van der Waals surface area contributed by atoms with Crippen molar-refractivity contribution in [2.75, 3.05) is 5.32 Å². The van der Waals surface area contributed by atoms with Gasteiger partial charge in [-0.3, -0.25) is 4.79 Å². The smallest absolute Gasteiger partial charge is 0.230 e. The quantitative estimate of drug-likeness (QED) is 0.704. The van der Waals surface area contributed by atoms with Gasteiger partial charge in [-0.2, -0.15) is 0 Å². The monoisotopic (exact) mass is 345 g/mol. The Hall–Kier alpha value is -1.02. The first kappa shape index (κ1) is 16.4. The molecular formula is C21H28ClNO. The maximum atomic E-state index is 13.3. The van der Waals surface area contributed by atoms with Crippen molar-refractivity contribution in [1.82, 2.24) is 0 Å². The van der Waals surface area contributed by atoms with Crippen molar-refractivity contribution in [2.24, 2.45) is 17.3 Å². The third-order valence-electron chi connectivity index (χ3n) is 6.45. The van der Waals surface area contributed by atoms with Gasteiger partial charge in [0.15, 0.2) is 0 Å². The molecule has 24 heavy (non-hydrogen) atoms. The number of rotatable bonds is 2. The van der Waals surface area contributed by atoms with Gasteiger partial charge in [-0.1, -0.05) is 39.0 Å². The molecule has 4 aliphatic rings. The summed E-state index contributed by atoms with van der Waals surface area (Å²) in [6.45, 7) is 6.57. The van der Waals surface area contributed by atoms with Crippen molar-refractivity contribution >= 4 is 23.2 Å². The highest BCUT2D eigenvalue weighted by atomic mass is 35.5. The first-order chi connectivity index (χ1) is 11.2. The van der Waals surface area contributed by atoms with Crippen LogP contribution in [-0.2, 0) is 10.2 Å². The Bertz CT molecular complexity index is 661. The average Bonchev–Trinajstić information content (AvgIpc) is 2.44. The SMILES string of the molecule is CC(C)(C)c1ccccc1NC(=O)C12C[C@@H]3C[C@@H](CC(Cl)(C3)C1)C2. The van der Waals surface area contributed by atoms with Crippen molar-refractivity contribution in [3.63, 3.8) is 0 Å². The van der Waals surface area contributed by atoms with Gasteiger partial charge in [0.2, 0.25) is 5.91 Å². The van der Waals surface area contributed by atoms with E-state index in [4.69, 9.17) is 11.6 Å². The van der Waals surface area contributed by atoms with Crippen molar-refractivity contribution in [3.05, 3.63) is 29.8 Å². The predicted octanol–water partition coefficient (Wildman–Crippen LogP) is 5.50. The lowest BCUT2D eigenvalue weighted by molar-refractivity contribution is -0.138. The Morgan fingerprint density at radius 2 is 1.75 bits per heavy atom. The summed E-state index contributed by atoms with van der Waals surface area (Å²) in [5.74, 6) is 1.50. The topological polar surface area (TPSA) is 29.1 Å². The molecule has 2 unspecified atom stereocenters. The number of para-hydroxylation sites is 1. The number of amides is 1. The van der Waals surface area contributed by atoms with E-state index in [2.05, 4.69) is 38.2 Å². The Labute approximate surface area is 150 Å². The van der Waals surface area contributed by atoms with Gasteiger partial charge in [0.05, 0.1) is 5.41 Å². The molecule has 4 fully saturated rings. The second-order valence-electron chi connectivity index (χ2n) is 9.64. The van der Waals surface area contributed by atoms with Crippen LogP contribution in [0.4, 0.5) is 5.69 Å². The fourth-order valence-electron chi connectivity index (χ4n) is 5.92. The number of alkyl halides is 1. The third kappa shape index (κ3) is 2.67. The highest BCUT2D eigenvalue weighted by molar-refractivity contribution is 6.24. The van der Waals surface area contributed by atoms with Crippen molar-refractivity contribution in [2.45, 2.75) is 69.6 Å². The fourth-order valence-corrected chi connectivity index (χ4v) is 6.61. The van der Waals surface area contributed by atoms with Crippen LogP contribution in [0.25, 0.3) is 0 Å². The first-order valence-corrected chi connectivity index (χ1v) is 9.67. The molecule has 0 aromatic heterocycles. The van der Waals surface area contributed by atoms with Crippen LogP contribution in [-0.4, -0.2) is 10.8 Å². The van der Waals surface area contributed by atoms with Crippen LogP contribution in [0.1, 0.15) is 64.9 Å². The maximum Gasteiger partial charge on any atom is 0.230 e. The number of hydrogen-bond acceptors (Lipinski definition) is 1. The minimum atomic E-state index is -0.239. The van der Waals surface area contributed by atoms with E-state index in [9.17, 15) is 4.79 Å². The van der Waals surface area contributed by atoms with Crippen molar-refractivity contribution < 1.29 is 4.79 Å². The Morgan fingerprint density at radius 1 is 1.12 bits per heavy atom. The summed E-state index contributed by atoms with van der Waals surface area (Å²) in [6.07, 6.45) is 6.42. The second-order valence-corrected chi connectivity index (χ2v) is 10.4. The van der Waals surface area contributed by atoms with E-state index < -0.39 is 0 Å². The van der Waals surface area contributed by atoms with E-state index in [1.807, 2.05) is 12.1 Å². The summed E-state index contributed by atoms with van der Waals surface area (Å²) in [4.78, 5) is 13.2. The molecule has 0 heterocycles. The molecule has 1 aromatic rings. The summed E-state index contributed by atoms with van der Waals surface area (Å²) >= 11 is 6.89. The number of carbonyl (C=O) groups is 1. The lowest BCUT2D eigenvalue weighted by Crippen LogP contribution is -2.57. The predicted molar refractivity (Wildman–Crippen MR) is 99.5 cm³/mol. The molecule has 1 amide bonds. The fraction of sp³-hybridized carbons (Fsp3) is 0.667. The molecule has 0 aliphatic heterocycles. The number of halogens is 1. The molecular weight excluding hydrogens is 318 g/mol. The molecule has 3 heteroatoms. The molecule has 130 valence electrons. The van der Waals surface area contributed by atoms with Crippen LogP contribution in [0.5, 0.6) is 0 Å². The molecule has 4 saturated carbocycles. The van der Waals surface area contributed by atoms with E-state index in [1.165, 1.54) is 12.0 Å². The zero-order valence-electron chi connectivity index (χ0n) is 15.0. The average molecular weight is 346 g/mol. The summed E-state index contributed by atoms with van der Waals surface area (Å²) < 4.78 is 0.